The second kappa shape index (κ2) is 3.21. The Balaban J connectivity index is 3.06. The van der Waals surface area contributed by atoms with Crippen LogP contribution in [-0.2, 0) is 6.18 Å². The molecule has 0 saturated carbocycles. The molecule has 1 aromatic heterocycles. The van der Waals surface area contributed by atoms with Crippen molar-refractivity contribution >= 4 is 5.82 Å². The maximum absolute atomic E-state index is 12.1. The summed E-state index contributed by atoms with van der Waals surface area (Å²) in [5.74, 6) is 5.31. The van der Waals surface area contributed by atoms with E-state index in [2.05, 4.69) is 4.98 Å². The van der Waals surface area contributed by atoms with Gasteiger partial charge in [-0.25, -0.2) is 10.8 Å². The molecule has 3 nitrogen and oxygen atoms in total. The minimum absolute atomic E-state index is 0.0785. The van der Waals surface area contributed by atoms with Crippen molar-refractivity contribution in [2.75, 3.05) is 12.1 Å². The number of nitrogens with two attached hydrogens (primary N) is 1. The lowest BCUT2D eigenvalue weighted by molar-refractivity contribution is -0.137. The molecule has 13 heavy (non-hydrogen) atoms. The number of alkyl halides is 3. The molecule has 0 saturated heterocycles. The molecule has 1 aromatic rings. The van der Waals surface area contributed by atoms with Gasteiger partial charge in [-0.1, -0.05) is 0 Å². The van der Waals surface area contributed by atoms with Gasteiger partial charge in [-0.2, -0.15) is 13.2 Å². The van der Waals surface area contributed by atoms with Crippen LogP contribution in [0.25, 0.3) is 0 Å². The second-order valence-electron chi connectivity index (χ2n) is 2.51. The SMILES string of the molecule is CN(N)c1cc(C(F)(F)F)ccn1. The smallest absolute Gasteiger partial charge is 0.298 e. The third kappa shape index (κ3) is 2.32. The molecule has 0 aromatic carbocycles. The molecule has 0 bridgehead atoms. The van der Waals surface area contributed by atoms with Gasteiger partial charge in [-0.05, 0) is 12.1 Å². The van der Waals surface area contributed by atoms with Gasteiger partial charge < -0.3 is 0 Å². The van der Waals surface area contributed by atoms with Crippen molar-refractivity contribution in [3.8, 4) is 0 Å². The van der Waals surface area contributed by atoms with E-state index in [1.54, 1.807) is 0 Å². The van der Waals surface area contributed by atoms with Crippen LogP contribution < -0.4 is 10.9 Å². The van der Waals surface area contributed by atoms with E-state index in [-0.39, 0.29) is 5.82 Å². The lowest BCUT2D eigenvalue weighted by atomic mass is 10.2. The normalized spacial score (nSPS) is 11.5. The lowest BCUT2D eigenvalue weighted by Crippen LogP contribution is -2.26. The number of rotatable bonds is 1. The largest absolute Gasteiger partial charge is 0.416 e. The molecule has 1 heterocycles. The Morgan fingerprint density at radius 1 is 1.46 bits per heavy atom. The molecule has 6 heteroatoms. The Hall–Kier alpha value is -1.30. The van der Waals surface area contributed by atoms with Gasteiger partial charge in [0.2, 0.25) is 0 Å². The van der Waals surface area contributed by atoms with Crippen LogP contribution in [-0.4, -0.2) is 12.0 Å². The summed E-state index contributed by atoms with van der Waals surface area (Å²) in [6.07, 6.45) is -3.28. The highest BCUT2D eigenvalue weighted by Crippen LogP contribution is 2.29. The first kappa shape index (κ1) is 9.79. The number of halogens is 3. The summed E-state index contributed by atoms with van der Waals surface area (Å²) in [5, 5.41) is 1.02. The van der Waals surface area contributed by atoms with E-state index in [0.717, 1.165) is 23.3 Å². The first-order valence-corrected chi connectivity index (χ1v) is 3.43. The van der Waals surface area contributed by atoms with Crippen molar-refractivity contribution in [2.24, 2.45) is 5.84 Å². The van der Waals surface area contributed by atoms with Crippen molar-refractivity contribution in [1.29, 1.82) is 0 Å². The monoisotopic (exact) mass is 191 g/mol. The number of aromatic nitrogens is 1. The molecule has 0 aliphatic rings. The van der Waals surface area contributed by atoms with Crippen LogP contribution in [0.15, 0.2) is 18.3 Å². The highest BCUT2D eigenvalue weighted by atomic mass is 19.4. The standard InChI is InChI=1S/C7H8F3N3/c1-13(11)6-4-5(2-3-12-6)7(8,9)10/h2-4H,11H2,1H3. The predicted molar refractivity (Wildman–Crippen MR) is 41.8 cm³/mol. The third-order valence-electron chi connectivity index (χ3n) is 1.43. The molecule has 0 aliphatic carbocycles. The Kier molecular flexibility index (Phi) is 2.42. The first-order chi connectivity index (χ1) is 5.91. The summed E-state index contributed by atoms with van der Waals surface area (Å²) in [7, 11) is 1.42. The van der Waals surface area contributed by atoms with Crippen LogP contribution in [0.1, 0.15) is 5.56 Å². The van der Waals surface area contributed by atoms with E-state index in [0.29, 0.717) is 0 Å². The fourth-order valence-electron chi connectivity index (χ4n) is 0.788. The predicted octanol–water partition coefficient (Wildman–Crippen LogP) is 1.41. The number of nitrogens with zero attached hydrogens (tertiary/aromatic N) is 2. The lowest BCUT2D eigenvalue weighted by Gasteiger charge is -2.12. The van der Waals surface area contributed by atoms with Crippen LogP contribution >= 0.6 is 0 Å². The molecule has 0 aliphatic heterocycles. The van der Waals surface area contributed by atoms with Crippen molar-refractivity contribution in [3.05, 3.63) is 23.9 Å². The highest BCUT2D eigenvalue weighted by molar-refractivity contribution is 5.39. The van der Waals surface area contributed by atoms with Crippen LogP contribution in [0.4, 0.5) is 19.0 Å². The average molecular weight is 191 g/mol. The van der Waals surface area contributed by atoms with Gasteiger partial charge in [-0.3, -0.25) is 5.01 Å². The van der Waals surface area contributed by atoms with Crippen LogP contribution in [0, 0.1) is 0 Å². The summed E-state index contributed by atoms with van der Waals surface area (Å²) >= 11 is 0. The Morgan fingerprint density at radius 2 is 2.08 bits per heavy atom. The van der Waals surface area contributed by atoms with Crippen molar-refractivity contribution in [2.45, 2.75) is 6.18 Å². The van der Waals surface area contributed by atoms with E-state index >= 15 is 0 Å². The number of hydrogen-bond acceptors (Lipinski definition) is 3. The maximum atomic E-state index is 12.1. The third-order valence-corrected chi connectivity index (χ3v) is 1.43. The average Bonchev–Trinajstić information content (AvgIpc) is 2.03. The van der Waals surface area contributed by atoms with Gasteiger partial charge in [0.25, 0.3) is 0 Å². The number of hydrogen-bond donors (Lipinski definition) is 1. The number of anilines is 1. The van der Waals surface area contributed by atoms with Crippen LogP contribution in [0.5, 0.6) is 0 Å². The molecular formula is C7H8F3N3. The van der Waals surface area contributed by atoms with E-state index < -0.39 is 11.7 Å². The molecule has 0 unspecified atom stereocenters. The zero-order valence-electron chi connectivity index (χ0n) is 6.84. The zero-order valence-corrected chi connectivity index (χ0v) is 6.84. The number of pyridine rings is 1. The topological polar surface area (TPSA) is 42.1 Å². The molecular weight excluding hydrogens is 183 g/mol. The molecule has 0 amide bonds. The summed E-state index contributed by atoms with van der Waals surface area (Å²) in [4.78, 5) is 3.65. The Labute approximate surface area is 72.9 Å². The molecule has 0 fully saturated rings. The van der Waals surface area contributed by atoms with Crippen molar-refractivity contribution in [1.82, 2.24) is 4.98 Å². The van der Waals surface area contributed by atoms with Gasteiger partial charge in [0.05, 0.1) is 5.56 Å². The molecule has 0 atom stereocenters. The van der Waals surface area contributed by atoms with E-state index in [9.17, 15) is 13.2 Å². The maximum Gasteiger partial charge on any atom is 0.416 e. The van der Waals surface area contributed by atoms with Crippen LogP contribution in [0.3, 0.4) is 0 Å². The Bertz CT molecular complexity index is 295. The molecule has 1 rings (SSSR count). The van der Waals surface area contributed by atoms with Crippen molar-refractivity contribution < 1.29 is 13.2 Å². The van der Waals surface area contributed by atoms with Gasteiger partial charge in [0.15, 0.2) is 0 Å². The Morgan fingerprint density at radius 3 is 2.54 bits per heavy atom. The van der Waals surface area contributed by atoms with E-state index in [1.165, 1.54) is 7.05 Å². The van der Waals surface area contributed by atoms with E-state index in [4.69, 9.17) is 5.84 Å². The fraction of sp³-hybridized carbons (Fsp3) is 0.286. The molecule has 0 spiro atoms. The summed E-state index contributed by atoms with van der Waals surface area (Å²) in [6, 6.07) is 1.78. The zero-order chi connectivity index (χ0) is 10.1. The van der Waals surface area contributed by atoms with Crippen LogP contribution in [0.2, 0.25) is 0 Å². The molecule has 0 radical (unpaired) electrons. The second-order valence-corrected chi connectivity index (χ2v) is 2.51. The number of hydrazine groups is 1. The van der Waals surface area contributed by atoms with E-state index in [1.807, 2.05) is 0 Å². The van der Waals surface area contributed by atoms with Crippen molar-refractivity contribution in [3.63, 3.8) is 0 Å². The van der Waals surface area contributed by atoms with Gasteiger partial charge in [-0.15, -0.1) is 0 Å². The molecule has 2 N–H and O–H groups in total. The van der Waals surface area contributed by atoms with Gasteiger partial charge in [0.1, 0.15) is 5.82 Å². The highest BCUT2D eigenvalue weighted by Gasteiger charge is 2.30. The first-order valence-electron chi connectivity index (χ1n) is 3.43. The quantitative estimate of drug-likeness (QED) is 0.539. The molecule has 72 valence electrons. The summed E-state index contributed by atoms with van der Waals surface area (Å²) < 4.78 is 36.4. The minimum atomic E-state index is -4.35. The van der Waals surface area contributed by atoms with Gasteiger partial charge in [0, 0.05) is 13.2 Å². The fourth-order valence-corrected chi connectivity index (χ4v) is 0.788. The summed E-state index contributed by atoms with van der Waals surface area (Å²) in [5.41, 5.74) is -0.755. The minimum Gasteiger partial charge on any atom is -0.298 e. The summed E-state index contributed by atoms with van der Waals surface area (Å²) in [6.45, 7) is 0. The van der Waals surface area contributed by atoms with Gasteiger partial charge >= 0.3 is 6.18 Å².